The largest absolute Gasteiger partial charge is 0.490 e. The molecule has 1 aromatic rings. The second-order valence-electron chi connectivity index (χ2n) is 5.91. The molecule has 0 aromatic heterocycles. The third-order valence-corrected chi connectivity index (χ3v) is 3.99. The molecule has 1 N–H and O–H groups in total. The van der Waals surface area contributed by atoms with Gasteiger partial charge >= 0.3 is 0 Å². The fourth-order valence-electron chi connectivity index (χ4n) is 2.74. The number of nitrogens with one attached hydrogen (secondary N) is 1. The molecule has 1 aliphatic heterocycles. The molecule has 1 heterocycles. The van der Waals surface area contributed by atoms with Gasteiger partial charge < -0.3 is 10.1 Å². The zero-order chi connectivity index (χ0) is 13.3. The van der Waals surface area contributed by atoms with Crippen LogP contribution in [-0.4, -0.2) is 12.6 Å². The lowest BCUT2D eigenvalue weighted by Crippen LogP contribution is -2.34. The normalized spacial score (nSPS) is 23.7. The summed E-state index contributed by atoms with van der Waals surface area (Å²) in [6.45, 7) is 11.9. The Bertz CT molecular complexity index is 431. The van der Waals surface area contributed by atoms with Crippen LogP contribution in [0.15, 0.2) is 12.1 Å². The molecule has 1 saturated heterocycles. The Hall–Kier alpha value is -1.02. The van der Waals surface area contributed by atoms with Crippen LogP contribution in [0.25, 0.3) is 0 Å². The van der Waals surface area contributed by atoms with Crippen molar-refractivity contribution in [3.05, 3.63) is 28.8 Å². The summed E-state index contributed by atoms with van der Waals surface area (Å²) in [4.78, 5) is 0. The maximum Gasteiger partial charge on any atom is 0.127 e. The van der Waals surface area contributed by atoms with E-state index in [4.69, 9.17) is 4.74 Å². The van der Waals surface area contributed by atoms with E-state index in [2.05, 4.69) is 52.1 Å². The lowest BCUT2D eigenvalue weighted by molar-refractivity contribution is 0.231. The summed E-state index contributed by atoms with van der Waals surface area (Å²) in [6, 6.07) is 4.45. The summed E-state index contributed by atoms with van der Waals surface area (Å²) in [5, 5.41) is 3.63. The zero-order valence-electron chi connectivity index (χ0n) is 12.3. The number of rotatable bonds is 3. The third kappa shape index (κ3) is 2.39. The minimum absolute atomic E-state index is 0.0721. The van der Waals surface area contributed by atoms with Crippen molar-refractivity contribution >= 4 is 0 Å². The van der Waals surface area contributed by atoms with Crippen molar-refractivity contribution in [2.24, 2.45) is 0 Å². The summed E-state index contributed by atoms with van der Waals surface area (Å²) in [5.41, 5.74) is 3.96. The Morgan fingerprint density at radius 3 is 2.56 bits per heavy atom. The van der Waals surface area contributed by atoms with Crippen LogP contribution in [0.2, 0.25) is 0 Å². The zero-order valence-corrected chi connectivity index (χ0v) is 12.3. The fraction of sp³-hybridized carbons (Fsp3) is 0.625. The van der Waals surface area contributed by atoms with Crippen LogP contribution in [0.1, 0.15) is 50.3 Å². The maximum atomic E-state index is 6.09. The Labute approximate surface area is 111 Å². The lowest BCUT2D eigenvalue weighted by atomic mass is 9.87. The molecule has 0 radical (unpaired) electrons. The van der Waals surface area contributed by atoms with Gasteiger partial charge in [-0.15, -0.1) is 0 Å². The molecule has 100 valence electrons. The van der Waals surface area contributed by atoms with Gasteiger partial charge in [0.05, 0.1) is 6.10 Å². The molecule has 1 fully saturated rings. The summed E-state index contributed by atoms with van der Waals surface area (Å²) >= 11 is 0. The molecular weight excluding hydrogens is 222 g/mol. The monoisotopic (exact) mass is 247 g/mol. The summed E-state index contributed by atoms with van der Waals surface area (Å²) < 4.78 is 6.09. The van der Waals surface area contributed by atoms with Gasteiger partial charge in [0, 0.05) is 11.1 Å². The van der Waals surface area contributed by atoms with Gasteiger partial charge in [-0.05, 0) is 65.1 Å². The van der Waals surface area contributed by atoms with Gasteiger partial charge in [-0.2, -0.15) is 0 Å². The molecule has 0 spiro atoms. The average Bonchev–Trinajstić information content (AvgIpc) is 2.72. The van der Waals surface area contributed by atoms with E-state index >= 15 is 0 Å². The summed E-state index contributed by atoms with van der Waals surface area (Å²) in [7, 11) is 0. The van der Waals surface area contributed by atoms with Crippen molar-refractivity contribution in [1.82, 2.24) is 5.32 Å². The van der Waals surface area contributed by atoms with Gasteiger partial charge in [0.2, 0.25) is 0 Å². The Balaban J connectivity index is 2.49. The van der Waals surface area contributed by atoms with E-state index in [1.165, 1.54) is 29.5 Å². The second kappa shape index (κ2) is 4.93. The number of benzene rings is 1. The van der Waals surface area contributed by atoms with Crippen LogP contribution >= 0.6 is 0 Å². The highest BCUT2D eigenvalue weighted by Crippen LogP contribution is 2.39. The minimum Gasteiger partial charge on any atom is -0.490 e. The molecule has 2 heteroatoms. The predicted molar refractivity (Wildman–Crippen MR) is 76.3 cm³/mol. The molecule has 0 aliphatic carbocycles. The van der Waals surface area contributed by atoms with E-state index in [0.29, 0.717) is 0 Å². The first-order chi connectivity index (χ1) is 8.44. The third-order valence-electron chi connectivity index (χ3n) is 3.99. The first kappa shape index (κ1) is 13.4. The maximum absolute atomic E-state index is 6.09. The smallest absolute Gasteiger partial charge is 0.127 e. The van der Waals surface area contributed by atoms with Crippen LogP contribution in [0.4, 0.5) is 0 Å². The van der Waals surface area contributed by atoms with Crippen molar-refractivity contribution in [3.63, 3.8) is 0 Å². The molecule has 1 unspecified atom stereocenters. The van der Waals surface area contributed by atoms with Crippen LogP contribution in [0.5, 0.6) is 5.75 Å². The van der Waals surface area contributed by atoms with E-state index in [9.17, 15) is 0 Å². The Morgan fingerprint density at radius 1 is 1.28 bits per heavy atom. The topological polar surface area (TPSA) is 21.3 Å². The van der Waals surface area contributed by atoms with Gasteiger partial charge in [0.1, 0.15) is 5.75 Å². The van der Waals surface area contributed by atoms with E-state index in [-0.39, 0.29) is 11.6 Å². The Morgan fingerprint density at radius 2 is 2.00 bits per heavy atom. The van der Waals surface area contributed by atoms with Crippen LogP contribution in [0, 0.1) is 13.8 Å². The quantitative estimate of drug-likeness (QED) is 0.879. The van der Waals surface area contributed by atoms with Crippen molar-refractivity contribution < 1.29 is 4.74 Å². The molecule has 18 heavy (non-hydrogen) atoms. The van der Waals surface area contributed by atoms with E-state index < -0.39 is 0 Å². The van der Waals surface area contributed by atoms with E-state index in [0.717, 1.165) is 12.3 Å². The van der Waals surface area contributed by atoms with Crippen LogP contribution in [-0.2, 0) is 5.54 Å². The molecule has 2 nitrogen and oxygen atoms in total. The minimum atomic E-state index is 0.0721. The van der Waals surface area contributed by atoms with Gasteiger partial charge in [0.15, 0.2) is 0 Å². The van der Waals surface area contributed by atoms with Crippen molar-refractivity contribution in [2.75, 3.05) is 6.54 Å². The highest BCUT2D eigenvalue weighted by atomic mass is 16.5. The molecular formula is C16H25NO. The highest BCUT2D eigenvalue weighted by molar-refractivity contribution is 5.49. The standard InChI is InChI=1S/C16H25NO/c1-11(2)18-15-13(4)12(3)7-8-14(15)16(5)9-6-10-17-16/h7-8,11,17H,6,9-10H2,1-5H3. The molecule has 2 rings (SSSR count). The van der Waals surface area contributed by atoms with Gasteiger partial charge in [0.25, 0.3) is 0 Å². The molecule has 1 atom stereocenters. The van der Waals surface area contributed by atoms with Crippen molar-refractivity contribution in [3.8, 4) is 5.75 Å². The first-order valence-electron chi connectivity index (χ1n) is 6.96. The van der Waals surface area contributed by atoms with Gasteiger partial charge in [-0.1, -0.05) is 12.1 Å². The number of hydrogen-bond acceptors (Lipinski definition) is 2. The number of hydrogen-bond donors (Lipinski definition) is 1. The van der Waals surface area contributed by atoms with Crippen LogP contribution < -0.4 is 10.1 Å². The number of ether oxygens (including phenoxy) is 1. The molecule has 0 saturated carbocycles. The van der Waals surface area contributed by atoms with Gasteiger partial charge in [-0.3, -0.25) is 0 Å². The Kier molecular flexibility index (Phi) is 3.67. The van der Waals surface area contributed by atoms with E-state index in [1.807, 2.05) is 0 Å². The average molecular weight is 247 g/mol. The summed E-state index contributed by atoms with van der Waals surface area (Å²) in [6.07, 6.45) is 2.64. The molecule has 1 aliphatic rings. The van der Waals surface area contributed by atoms with Gasteiger partial charge in [-0.25, -0.2) is 0 Å². The molecule has 1 aromatic carbocycles. The lowest BCUT2D eigenvalue weighted by Gasteiger charge is -2.29. The van der Waals surface area contributed by atoms with Crippen LogP contribution in [0.3, 0.4) is 0 Å². The second-order valence-corrected chi connectivity index (χ2v) is 5.91. The predicted octanol–water partition coefficient (Wildman–Crippen LogP) is 3.69. The fourth-order valence-corrected chi connectivity index (χ4v) is 2.74. The summed E-state index contributed by atoms with van der Waals surface area (Å²) in [5.74, 6) is 1.09. The van der Waals surface area contributed by atoms with Crippen molar-refractivity contribution in [1.29, 1.82) is 0 Å². The number of aryl methyl sites for hydroxylation is 1. The van der Waals surface area contributed by atoms with E-state index in [1.54, 1.807) is 0 Å². The molecule has 0 amide bonds. The SMILES string of the molecule is Cc1ccc(C2(C)CCCN2)c(OC(C)C)c1C. The molecule has 0 bridgehead atoms. The highest BCUT2D eigenvalue weighted by Gasteiger charge is 2.33. The first-order valence-corrected chi connectivity index (χ1v) is 6.96. The van der Waals surface area contributed by atoms with Crippen molar-refractivity contribution in [2.45, 2.75) is 59.1 Å².